The zero-order chi connectivity index (χ0) is 16.5. The van der Waals surface area contributed by atoms with Crippen molar-refractivity contribution in [1.29, 1.82) is 0 Å². The minimum absolute atomic E-state index is 0.191. The van der Waals surface area contributed by atoms with Crippen LogP contribution in [0.4, 0.5) is 0 Å². The van der Waals surface area contributed by atoms with Crippen LogP contribution < -0.4 is 5.73 Å². The smallest absolute Gasteiger partial charge is 0.311 e. The second-order valence-corrected chi connectivity index (χ2v) is 4.92. The van der Waals surface area contributed by atoms with Crippen molar-refractivity contribution in [2.75, 3.05) is 13.3 Å². The van der Waals surface area contributed by atoms with Crippen molar-refractivity contribution in [3.8, 4) is 11.5 Å². The van der Waals surface area contributed by atoms with E-state index in [-0.39, 0.29) is 17.9 Å². The average molecular weight is 311 g/mol. The number of benzene rings is 1. The molecule has 7 nitrogen and oxygen atoms in total. The molecule has 0 amide bonds. The highest BCUT2D eigenvalue weighted by molar-refractivity contribution is 5.73. The van der Waals surface area contributed by atoms with Crippen molar-refractivity contribution < 1.29 is 29.3 Å². The third-order valence-corrected chi connectivity index (χ3v) is 2.99. The lowest BCUT2D eigenvalue weighted by Crippen LogP contribution is -2.20. The summed E-state index contributed by atoms with van der Waals surface area (Å²) in [5.41, 5.74) is 5.94. The summed E-state index contributed by atoms with van der Waals surface area (Å²) in [6, 6.07) is 4.33. The number of carbonyl (C=O) groups is 2. The summed E-state index contributed by atoms with van der Waals surface area (Å²) >= 11 is 0. The number of hydrogen-bond donors (Lipinski definition) is 3. The molecular formula is C15H21NO6. The number of phenolic OH excluding ortho intramolecular Hbond substituents is 2. The Morgan fingerprint density at radius 1 is 1.23 bits per heavy atom. The van der Waals surface area contributed by atoms with Crippen LogP contribution in [0, 0.1) is 5.92 Å². The highest BCUT2D eigenvalue weighted by atomic mass is 16.7. The van der Waals surface area contributed by atoms with E-state index in [9.17, 15) is 19.8 Å². The molecule has 0 spiro atoms. The molecule has 0 aliphatic carbocycles. The molecule has 1 aromatic carbocycles. The number of phenols is 2. The number of nitrogens with two attached hydrogens (primary N) is 1. The first-order valence-corrected chi connectivity index (χ1v) is 6.97. The molecule has 22 heavy (non-hydrogen) atoms. The normalized spacial score (nSPS) is 11.7. The average Bonchev–Trinajstić information content (AvgIpc) is 2.48. The van der Waals surface area contributed by atoms with Crippen LogP contribution in [0.5, 0.6) is 11.5 Å². The SMILES string of the molecule is C[C@@H](Cc1ccc(O)c(O)c1)C(=O)OCOC(=O)CCCN. The van der Waals surface area contributed by atoms with E-state index < -0.39 is 24.6 Å². The molecule has 1 atom stereocenters. The number of esters is 2. The van der Waals surface area contributed by atoms with Crippen molar-refractivity contribution in [1.82, 2.24) is 0 Å². The van der Waals surface area contributed by atoms with Crippen LogP contribution in [0.15, 0.2) is 18.2 Å². The van der Waals surface area contributed by atoms with Gasteiger partial charge in [0, 0.05) is 6.42 Å². The molecule has 0 saturated heterocycles. The molecule has 0 aliphatic rings. The maximum atomic E-state index is 11.7. The van der Waals surface area contributed by atoms with Crippen LogP contribution in [-0.4, -0.2) is 35.5 Å². The minimum Gasteiger partial charge on any atom is -0.504 e. The zero-order valence-corrected chi connectivity index (χ0v) is 12.4. The molecule has 0 aromatic heterocycles. The Morgan fingerprint density at radius 2 is 1.95 bits per heavy atom. The van der Waals surface area contributed by atoms with Gasteiger partial charge in [-0.15, -0.1) is 0 Å². The van der Waals surface area contributed by atoms with Gasteiger partial charge in [0.05, 0.1) is 5.92 Å². The van der Waals surface area contributed by atoms with E-state index in [1.54, 1.807) is 13.0 Å². The van der Waals surface area contributed by atoms with E-state index in [1.165, 1.54) is 12.1 Å². The fraction of sp³-hybridized carbons (Fsp3) is 0.467. The van der Waals surface area contributed by atoms with Crippen LogP contribution >= 0.6 is 0 Å². The summed E-state index contributed by atoms with van der Waals surface area (Å²) in [5.74, 6) is -1.92. The Hall–Kier alpha value is -2.28. The van der Waals surface area contributed by atoms with Gasteiger partial charge in [-0.3, -0.25) is 9.59 Å². The highest BCUT2D eigenvalue weighted by Crippen LogP contribution is 2.26. The molecule has 7 heteroatoms. The summed E-state index contributed by atoms with van der Waals surface area (Å²) in [6.45, 7) is 1.63. The van der Waals surface area contributed by atoms with Gasteiger partial charge in [0.25, 0.3) is 0 Å². The minimum atomic E-state index is -0.515. The van der Waals surface area contributed by atoms with Gasteiger partial charge in [0.1, 0.15) is 0 Å². The maximum absolute atomic E-state index is 11.7. The molecule has 4 N–H and O–H groups in total. The Kier molecular flexibility index (Phi) is 7.18. The number of hydrogen-bond acceptors (Lipinski definition) is 7. The van der Waals surface area contributed by atoms with E-state index in [0.29, 0.717) is 24.9 Å². The maximum Gasteiger partial charge on any atom is 0.311 e. The Morgan fingerprint density at radius 3 is 2.59 bits per heavy atom. The van der Waals surface area contributed by atoms with Gasteiger partial charge in [-0.2, -0.15) is 0 Å². The number of rotatable bonds is 8. The molecule has 1 rings (SSSR count). The van der Waals surface area contributed by atoms with Crippen LogP contribution in [-0.2, 0) is 25.5 Å². The van der Waals surface area contributed by atoms with E-state index in [4.69, 9.17) is 15.2 Å². The Bertz CT molecular complexity index is 517. The largest absolute Gasteiger partial charge is 0.504 e. The van der Waals surface area contributed by atoms with Crippen LogP contribution in [0.3, 0.4) is 0 Å². The molecule has 0 heterocycles. The second kappa shape index (κ2) is 8.89. The van der Waals surface area contributed by atoms with Crippen LogP contribution in [0.2, 0.25) is 0 Å². The summed E-state index contributed by atoms with van der Waals surface area (Å²) in [4.78, 5) is 22.9. The molecule has 1 aromatic rings. The molecule has 122 valence electrons. The molecule has 0 fully saturated rings. The van der Waals surface area contributed by atoms with Crippen molar-refractivity contribution in [3.63, 3.8) is 0 Å². The first-order chi connectivity index (χ1) is 10.4. The second-order valence-electron chi connectivity index (χ2n) is 4.92. The lowest BCUT2D eigenvalue weighted by atomic mass is 10.0. The van der Waals surface area contributed by atoms with Gasteiger partial charge >= 0.3 is 11.9 Å². The summed E-state index contributed by atoms with van der Waals surface area (Å²) < 4.78 is 9.59. The first-order valence-electron chi connectivity index (χ1n) is 6.97. The van der Waals surface area contributed by atoms with Gasteiger partial charge in [0.2, 0.25) is 6.79 Å². The standard InChI is InChI=1S/C15H21NO6/c1-10(7-11-4-5-12(17)13(18)8-11)15(20)22-9-21-14(19)3-2-6-16/h4-5,8,10,17-18H,2-3,6-7,9,16H2,1H3/t10-/m0/s1. The van der Waals surface area contributed by atoms with Gasteiger partial charge < -0.3 is 25.4 Å². The molecule has 0 aliphatic heterocycles. The molecule has 0 radical (unpaired) electrons. The van der Waals surface area contributed by atoms with Gasteiger partial charge in [0.15, 0.2) is 11.5 Å². The fourth-order valence-corrected chi connectivity index (χ4v) is 1.75. The third-order valence-electron chi connectivity index (χ3n) is 2.99. The van der Waals surface area contributed by atoms with Crippen molar-refractivity contribution in [2.45, 2.75) is 26.2 Å². The molecular weight excluding hydrogens is 290 g/mol. The van der Waals surface area contributed by atoms with Gasteiger partial charge in [-0.1, -0.05) is 13.0 Å². The van der Waals surface area contributed by atoms with E-state index >= 15 is 0 Å². The molecule has 0 saturated carbocycles. The number of carbonyl (C=O) groups excluding carboxylic acids is 2. The topological polar surface area (TPSA) is 119 Å². The first kappa shape index (κ1) is 17.8. The zero-order valence-electron chi connectivity index (χ0n) is 12.4. The highest BCUT2D eigenvalue weighted by Gasteiger charge is 2.16. The number of ether oxygens (including phenoxy) is 2. The van der Waals surface area contributed by atoms with Crippen LogP contribution in [0.1, 0.15) is 25.3 Å². The monoisotopic (exact) mass is 311 g/mol. The summed E-state index contributed by atoms with van der Waals surface area (Å²) in [7, 11) is 0. The number of aromatic hydroxyl groups is 2. The Labute approximate surface area is 128 Å². The van der Waals surface area contributed by atoms with E-state index in [0.717, 1.165) is 0 Å². The summed E-state index contributed by atoms with van der Waals surface area (Å²) in [5, 5.41) is 18.6. The van der Waals surface area contributed by atoms with Gasteiger partial charge in [-0.25, -0.2) is 0 Å². The summed E-state index contributed by atoms with van der Waals surface area (Å²) in [6.07, 6.45) is 1.04. The van der Waals surface area contributed by atoms with E-state index in [2.05, 4.69) is 0 Å². The molecule has 0 unspecified atom stereocenters. The third kappa shape index (κ3) is 6.01. The quantitative estimate of drug-likeness (QED) is 0.373. The van der Waals surface area contributed by atoms with Crippen LogP contribution in [0.25, 0.3) is 0 Å². The predicted octanol–water partition coefficient (Wildman–Crippen LogP) is 1.06. The van der Waals surface area contributed by atoms with Crippen molar-refractivity contribution in [2.24, 2.45) is 11.7 Å². The molecule has 0 bridgehead atoms. The Balaban J connectivity index is 2.35. The fourth-order valence-electron chi connectivity index (χ4n) is 1.75. The van der Waals surface area contributed by atoms with E-state index in [1.807, 2.05) is 0 Å². The lowest BCUT2D eigenvalue weighted by Gasteiger charge is -2.12. The predicted molar refractivity (Wildman–Crippen MR) is 78.0 cm³/mol. The lowest BCUT2D eigenvalue weighted by molar-refractivity contribution is -0.169. The van der Waals surface area contributed by atoms with Crippen molar-refractivity contribution >= 4 is 11.9 Å². The van der Waals surface area contributed by atoms with Gasteiger partial charge in [-0.05, 0) is 37.1 Å². The van der Waals surface area contributed by atoms with Crippen molar-refractivity contribution in [3.05, 3.63) is 23.8 Å².